The number of rotatable bonds is 1. The van der Waals surface area contributed by atoms with E-state index >= 15 is 0 Å². The highest BCUT2D eigenvalue weighted by Gasteiger charge is 2.24. The SMILES string of the molecule is CC1COCCN1C(=O)c1ccc(N)c(Cl)c1. The Morgan fingerprint density at radius 1 is 1.59 bits per heavy atom. The van der Waals surface area contributed by atoms with Gasteiger partial charge in [0.25, 0.3) is 5.91 Å². The van der Waals surface area contributed by atoms with Crippen molar-refractivity contribution in [2.24, 2.45) is 0 Å². The molecule has 0 bridgehead atoms. The number of carbonyl (C=O) groups is 1. The van der Waals surface area contributed by atoms with Crippen LogP contribution in [0.15, 0.2) is 18.2 Å². The Balaban J connectivity index is 2.21. The second kappa shape index (κ2) is 4.94. The van der Waals surface area contributed by atoms with Gasteiger partial charge in [-0.15, -0.1) is 0 Å². The highest BCUT2D eigenvalue weighted by molar-refractivity contribution is 6.33. The highest BCUT2D eigenvalue weighted by atomic mass is 35.5. The fraction of sp³-hybridized carbons (Fsp3) is 0.417. The van der Waals surface area contributed by atoms with Crippen molar-refractivity contribution in [2.75, 3.05) is 25.5 Å². The van der Waals surface area contributed by atoms with Gasteiger partial charge in [0.2, 0.25) is 0 Å². The first-order chi connectivity index (χ1) is 8.09. The molecule has 92 valence electrons. The van der Waals surface area contributed by atoms with Crippen LogP contribution >= 0.6 is 11.6 Å². The van der Waals surface area contributed by atoms with Crippen LogP contribution in [0.3, 0.4) is 0 Å². The Labute approximate surface area is 105 Å². The predicted octanol–water partition coefficient (Wildman–Crippen LogP) is 1.78. The molecule has 4 nitrogen and oxygen atoms in total. The molecule has 1 aliphatic heterocycles. The van der Waals surface area contributed by atoms with Crippen molar-refractivity contribution in [2.45, 2.75) is 13.0 Å². The summed E-state index contributed by atoms with van der Waals surface area (Å²) in [4.78, 5) is 14.0. The fourth-order valence-electron chi connectivity index (χ4n) is 1.85. The third-order valence-electron chi connectivity index (χ3n) is 2.88. The topological polar surface area (TPSA) is 55.6 Å². The molecule has 0 aromatic heterocycles. The average molecular weight is 255 g/mol. The summed E-state index contributed by atoms with van der Waals surface area (Å²) in [5, 5.41) is 0.414. The van der Waals surface area contributed by atoms with Crippen molar-refractivity contribution in [3.63, 3.8) is 0 Å². The Morgan fingerprint density at radius 3 is 3.00 bits per heavy atom. The molecule has 1 aliphatic rings. The molecule has 5 heteroatoms. The van der Waals surface area contributed by atoms with E-state index in [1.165, 1.54) is 0 Å². The van der Waals surface area contributed by atoms with Crippen molar-refractivity contribution in [3.8, 4) is 0 Å². The molecule has 0 saturated carbocycles. The molecule has 2 rings (SSSR count). The van der Waals surface area contributed by atoms with Crippen LogP contribution in [-0.4, -0.2) is 36.6 Å². The maximum Gasteiger partial charge on any atom is 0.254 e. The summed E-state index contributed by atoms with van der Waals surface area (Å²) in [6.07, 6.45) is 0. The zero-order valence-electron chi connectivity index (χ0n) is 9.65. The van der Waals surface area contributed by atoms with Gasteiger partial charge in [-0.1, -0.05) is 11.6 Å². The molecule has 2 N–H and O–H groups in total. The largest absolute Gasteiger partial charge is 0.398 e. The van der Waals surface area contributed by atoms with Crippen molar-refractivity contribution in [3.05, 3.63) is 28.8 Å². The average Bonchev–Trinajstić information content (AvgIpc) is 2.32. The highest BCUT2D eigenvalue weighted by Crippen LogP contribution is 2.21. The van der Waals surface area contributed by atoms with Crippen LogP contribution in [0.2, 0.25) is 5.02 Å². The minimum absolute atomic E-state index is 0.0253. The fourth-order valence-corrected chi connectivity index (χ4v) is 2.04. The first-order valence-corrected chi connectivity index (χ1v) is 5.91. The van der Waals surface area contributed by atoms with E-state index < -0.39 is 0 Å². The van der Waals surface area contributed by atoms with E-state index in [0.29, 0.717) is 36.0 Å². The van der Waals surface area contributed by atoms with E-state index in [9.17, 15) is 4.79 Å². The van der Waals surface area contributed by atoms with Crippen LogP contribution in [0.25, 0.3) is 0 Å². The van der Waals surface area contributed by atoms with Gasteiger partial charge in [0.15, 0.2) is 0 Å². The smallest absolute Gasteiger partial charge is 0.254 e. The van der Waals surface area contributed by atoms with Gasteiger partial charge >= 0.3 is 0 Å². The Bertz CT molecular complexity index is 437. The molecule has 0 spiro atoms. The molecule has 1 unspecified atom stereocenters. The molecule has 1 aromatic rings. The molecular weight excluding hydrogens is 240 g/mol. The minimum atomic E-state index is -0.0253. The van der Waals surface area contributed by atoms with Gasteiger partial charge in [-0.3, -0.25) is 4.79 Å². The van der Waals surface area contributed by atoms with Gasteiger partial charge in [-0.05, 0) is 25.1 Å². The Morgan fingerprint density at radius 2 is 2.35 bits per heavy atom. The lowest BCUT2D eigenvalue weighted by Crippen LogP contribution is -2.47. The summed E-state index contributed by atoms with van der Waals surface area (Å²) in [6.45, 7) is 3.74. The maximum absolute atomic E-state index is 12.2. The van der Waals surface area contributed by atoms with E-state index in [2.05, 4.69) is 0 Å². The van der Waals surface area contributed by atoms with Crippen molar-refractivity contribution in [1.29, 1.82) is 0 Å². The maximum atomic E-state index is 12.2. The number of morpholine rings is 1. The Hall–Kier alpha value is -1.26. The number of hydrogen-bond donors (Lipinski definition) is 1. The lowest BCUT2D eigenvalue weighted by molar-refractivity contribution is 0.00360. The van der Waals surface area contributed by atoms with Crippen molar-refractivity contribution in [1.82, 2.24) is 4.90 Å². The van der Waals surface area contributed by atoms with Crippen LogP contribution in [0.5, 0.6) is 0 Å². The van der Waals surface area contributed by atoms with Gasteiger partial charge in [-0.25, -0.2) is 0 Å². The van der Waals surface area contributed by atoms with Crippen molar-refractivity contribution < 1.29 is 9.53 Å². The summed E-state index contributed by atoms with van der Waals surface area (Å²) >= 11 is 5.91. The monoisotopic (exact) mass is 254 g/mol. The van der Waals surface area contributed by atoms with Crippen LogP contribution < -0.4 is 5.73 Å². The number of carbonyl (C=O) groups excluding carboxylic acids is 1. The molecule has 1 fully saturated rings. The number of nitrogens with zero attached hydrogens (tertiary/aromatic N) is 1. The predicted molar refractivity (Wildman–Crippen MR) is 67.2 cm³/mol. The van der Waals surface area contributed by atoms with E-state index in [1.54, 1.807) is 23.1 Å². The molecule has 1 atom stereocenters. The van der Waals surface area contributed by atoms with Crippen LogP contribution in [0, 0.1) is 0 Å². The summed E-state index contributed by atoms with van der Waals surface area (Å²) in [7, 11) is 0. The van der Waals surface area contributed by atoms with Crippen LogP contribution in [-0.2, 0) is 4.74 Å². The first kappa shape index (κ1) is 12.2. The van der Waals surface area contributed by atoms with Gasteiger partial charge in [-0.2, -0.15) is 0 Å². The second-order valence-corrected chi connectivity index (χ2v) is 4.57. The minimum Gasteiger partial charge on any atom is -0.398 e. The number of halogens is 1. The lowest BCUT2D eigenvalue weighted by atomic mass is 10.1. The summed E-state index contributed by atoms with van der Waals surface area (Å²) in [5.74, 6) is -0.0253. The zero-order valence-corrected chi connectivity index (χ0v) is 10.4. The molecule has 0 radical (unpaired) electrons. The second-order valence-electron chi connectivity index (χ2n) is 4.16. The van der Waals surface area contributed by atoms with Crippen LogP contribution in [0.1, 0.15) is 17.3 Å². The lowest BCUT2D eigenvalue weighted by Gasteiger charge is -2.33. The third-order valence-corrected chi connectivity index (χ3v) is 3.20. The molecule has 1 saturated heterocycles. The molecule has 1 aromatic carbocycles. The molecule has 1 amide bonds. The third kappa shape index (κ3) is 2.53. The van der Waals surface area contributed by atoms with Gasteiger partial charge < -0.3 is 15.4 Å². The number of anilines is 1. The number of amides is 1. The van der Waals surface area contributed by atoms with Crippen LogP contribution in [0.4, 0.5) is 5.69 Å². The molecule has 0 aliphatic carbocycles. The first-order valence-electron chi connectivity index (χ1n) is 5.53. The standard InChI is InChI=1S/C12H15ClN2O2/c1-8-7-17-5-4-15(8)12(16)9-2-3-11(14)10(13)6-9/h2-3,6,8H,4-5,7,14H2,1H3. The quantitative estimate of drug-likeness (QED) is 0.778. The van der Waals surface area contributed by atoms with Gasteiger partial charge in [0.1, 0.15) is 0 Å². The Kier molecular flexibility index (Phi) is 3.54. The number of hydrogen-bond acceptors (Lipinski definition) is 3. The summed E-state index contributed by atoms with van der Waals surface area (Å²) in [6, 6.07) is 5.06. The van der Waals surface area contributed by atoms with E-state index in [1.807, 2.05) is 6.92 Å². The van der Waals surface area contributed by atoms with E-state index in [4.69, 9.17) is 22.1 Å². The summed E-state index contributed by atoms with van der Waals surface area (Å²) < 4.78 is 5.30. The normalized spacial score (nSPS) is 20.4. The number of ether oxygens (including phenoxy) is 1. The van der Waals surface area contributed by atoms with Gasteiger partial charge in [0.05, 0.1) is 30.0 Å². The molecule has 1 heterocycles. The van der Waals surface area contributed by atoms with E-state index in [0.717, 1.165) is 0 Å². The van der Waals surface area contributed by atoms with E-state index in [-0.39, 0.29) is 11.9 Å². The molecular formula is C12H15ClN2O2. The number of nitrogen functional groups attached to an aromatic ring is 1. The number of nitrogens with two attached hydrogens (primary N) is 1. The molecule has 17 heavy (non-hydrogen) atoms. The van der Waals surface area contributed by atoms with Gasteiger partial charge in [0, 0.05) is 12.1 Å². The summed E-state index contributed by atoms with van der Waals surface area (Å²) in [5.41, 5.74) is 6.67. The van der Waals surface area contributed by atoms with Crippen molar-refractivity contribution >= 4 is 23.2 Å². The zero-order chi connectivity index (χ0) is 12.4. The number of benzene rings is 1.